The number of carbonyl (C=O) groups is 2. The van der Waals surface area contributed by atoms with Gasteiger partial charge in [0.1, 0.15) is 48.7 Å². The highest BCUT2D eigenvalue weighted by atomic mass is 16.7. The number of rotatable bonds is 22. The Morgan fingerprint density at radius 1 is 0.556 bits per heavy atom. The molecule has 2 aliphatic heterocycles. The summed E-state index contributed by atoms with van der Waals surface area (Å²) in [5.74, 6) is -0.873. The van der Waals surface area contributed by atoms with E-state index in [1.54, 1.807) is 0 Å². The van der Waals surface area contributed by atoms with E-state index in [0.717, 1.165) is 0 Å². The van der Waals surface area contributed by atoms with Crippen molar-refractivity contribution in [1.82, 2.24) is 10.6 Å². The van der Waals surface area contributed by atoms with Crippen LogP contribution in [0.25, 0.3) is 0 Å². The van der Waals surface area contributed by atoms with Gasteiger partial charge < -0.3 is 79.2 Å². The third kappa shape index (κ3) is 14.0. The molecule has 0 aromatic carbocycles. The Bertz CT molecular complexity index is 764. The largest absolute Gasteiger partial charge is 0.394 e. The summed E-state index contributed by atoms with van der Waals surface area (Å²) in [6, 6.07) is -2.02. The van der Waals surface area contributed by atoms with E-state index in [2.05, 4.69) is 10.6 Å². The summed E-state index contributed by atoms with van der Waals surface area (Å²) in [4.78, 5) is 22.9. The van der Waals surface area contributed by atoms with Gasteiger partial charge in [-0.1, -0.05) is 0 Å². The molecule has 0 aliphatic carbocycles. The Morgan fingerprint density at radius 3 is 1.22 bits per heavy atom. The van der Waals surface area contributed by atoms with Gasteiger partial charge in [0.15, 0.2) is 12.6 Å². The topological polar surface area (TPSA) is 253 Å². The van der Waals surface area contributed by atoms with Crippen LogP contribution in [0.1, 0.15) is 20.3 Å². The normalized spacial score (nSPS) is 31.9. The molecule has 0 bridgehead atoms. The van der Waals surface area contributed by atoms with E-state index in [9.17, 15) is 40.2 Å². The minimum atomic E-state index is -1.38. The predicted molar refractivity (Wildman–Crippen MR) is 151 cm³/mol. The van der Waals surface area contributed by atoms with Crippen LogP contribution >= 0.6 is 0 Å². The highest BCUT2D eigenvalue weighted by molar-refractivity contribution is 5.73. The summed E-state index contributed by atoms with van der Waals surface area (Å²) in [7, 11) is 0. The molecule has 2 saturated heterocycles. The number of carbonyl (C=O) groups excluding carboxylic acids is 2. The third-order valence-electron chi connectivity index (χ3n) is 6.84. The molecule has 0 radical (unpaired) electrons. The molecule has 5 unspecified atom stereocenters. The smallest absolute Gasteiger partial charge is 0.217 e. The Balaban J connectivity index is 1.44. The summed E-state index contributed by atoms with van der Waals surface area (Å²) in [6.45, 7) is 4.20. The SMILES string of the molecule is CC(=O)NC1C(O)[C@@H](O)C(CO)O[C@H]1OCCOCCOCCCOCCOCCO[C@@H]1OC(CO)[C@H](O)[C@H](O)C1NC(C)=O. The Morgan fingerprint density at radius 2 is 0.889 bits per heavy atom. The molecule has 0 aromatic heterocycles. The lowest BCUT2D eigenvalue weighted by atomic mass is 9.97. The van der Waals surface area contributed by atoms with Crippen LogP contribution in [0.15, 0.2) is 0 Å². The first-order valence-electron chi connectivity index (χ1n) is 14.9. The molecule has 2 rings (SSSR count). The standard InChI is InChI=1S/C27H50N2O16/c1-16(32)28-20-24(36)22(34)18(14-30)44-26(20)42-12-10-40-8-6-38-4-3-5-39-7-9-41-11-13-43-27-21(29-17(2)33)25(37)23(35)19(15-31)45-27/h18-27,30-31,34-37H,3-15H2,1-2H3,(H,28,32)(H,29,33)/t18?,19?,20?,21?,22-,23-,24+,25?,26+,27+/m0/s1. The van der Waals surface area contributed by atoms with Crippen LogP contribution < -0.4 is 10.6 Å². The third-order valence-corrected chi connectivity index (χ3v) is 6.84. The number of aliphatic hydroxyl groups excluding tert-OH is 6. The van der Waals surface area contributed by atoms with Crippen molar-refractivity contribution in [2.45, 2.75) is 81.6 Å². The fraction of sp³-hybridized carbons (Fsp3) is 0.926. The van der Waals surface area contributed by atoms with Crippen LogP contribution in [0.2, 0.25) is 0 Å². The van der Waals surface area contributed by atoms with E-state index in [4.69, 9.17) is 37.9 Å². The Labute approximate surface area is 261 Å². The van der Waals surface area contributed by atoms with Crippen molar-refractivity contribution in [2.75, 3.05) is 79.3 Å². The number of hydrogen-bond acceptors (Lipinski definition) is 16. The van der Waals surface area contributed by atoms with Crippen LogP contribution in [-0.4, -0.2) is 183 Å². The van der Waals surface area contributed by atoms with Crippen molar-refractivity contribution in [3.8, 4) is 0 Å². The van der Waals surface area contributed by atoms with Crippen LogP contribution in [-0.2, 0) is 47.5 Å². The fourth-order valence-corrected chi connectivity index (χ4v) is 4.58. The lowest BCUT2D eigenvalue weighted by Crippen LogP contribution is -2.64. The number of hydrogen-bond donors (Lipinski definition) is 8. The minimum absolute atomic E-state index is 0.0765. The molecule has 18 heteroatoms. The number of amides is 2. The Hall–Kier alpha value is -1.62. The average Bonchev–Trinajstić information content (AvgIpc) is 3.00. The molecule has 2 heterocycles. The lowest BCUT2D eigenvalue weighted by molar-refractivity contribution is -0.272. The van der Waals surface area contributed by atoms with Gasteiger partial charge >= 0.3 is 0 Å². The second-order valence-electron chi connectivity index (χ2n) is 10.4. The van der Waals surface area contributed by atoms with Gasteiger partial charge in [0, 0.05) is 27.1 Å². The van der Waals surface area contributed by atoms with Crippen LogP contribution in [0.5, 0.6) is 0 Å². The molecule has 0 aromatic rings. The van der Waals surface area contributed by atoms with E-state index in [1.807, 2.05) is 0 Å². The molecule has 0 spiro atoms. The minimum Gasteiger partial charge on any atom is -0.394 e. The second kappa shape index (κ2) is 22.0. The molecule has 18 nitrogen and oxygen atoms in total. The molecular formula is C27H50N2O16. The van der Waals surface area contributed by atoms with Gasteiger partial charge in [0.25, 0.3) is 0 Å². The lowest BCUT2D eigenvalue weighted by Gasteiger charge is -2.42. The highest BCUT2D eigenvalue weighted by Gasteiger charge is 2.46. The van der Waals surface area contributed by atoms with Gasteiger partial charge in [-0.15, -0.1) is 0 Å². The monoisotopic (exact) mass is 658 g/mol. The molecule has 264 valence electrons. The van der Waals surface area contributed by atoms with Crippen molar-refractivity contribution in [3.63, 3.8) is 0 Å². The maximum Gasteiger partial charge on any atom is 0.217 e. The zero-order chi connectivity index (χ0) is 33.2. The van der Waals surface area contributed by atoms with Crippen LogP contribution in [0, 0.1) is 0 Å². The van der Waals surface area contributed by atoms with Gasteiger partial charge in [-0.3, -0.25) is 9.59 Å². The van der Waals surface area contributed by atoms with Crippen molar-refractivity contribution in [3.05, 3.63) is 0 Å². The summed E-state index contributed by atoms with van der Waals surface area (Å²) in [6.07, 6.45) is -9.11. The van der Waals surface area contributed by atoms with Crippen molar-refractivity contribution >= 4 is 11.8 Å². The van der Waals surface area contributed by atoms with E-state index in [-0.39, 0.29) is 26.4 Å². The van der Waals surface area contributed by atoms with Crippen molar-refractivity contribution in [1.29, 1.82) is 0 Å². The van der Waals surface area contributed by atoms with Crippen LogP contribution in [0.3, 0.4) is 0 Å². The maximum atomic E-state index is 11.4. The molecule has 2 amide bonds. The van der Waals surface area contributed by atoms with Crippen LogP contribution in [0.4, 0.5) is 0 Å². The summed E-state index contributed by atoms with van der Waals surface area (Å²) >= 11 is 0. The molecule has 2 fully saturated rings. The van der Waals surface area contributed by atoms with Gasteiger partial charge in [0.05, 0.1) is 66.1 Å². The first-order valence-corrected chi connectivity index (χ1v) is 14.9. The van der Waals surface area contributed by atoms with Gasteiger partial charge in [0.2, 0.25) is 11.8 Å². The van der Waals surface area contributed by atoms with E-state index in [1.165, 1.54) is 13.8 Å². The van der Waals surface area contributed by atoms with E-state index < -0.39 is 86.3 Å². The number of aliphatic hydroxyl groups is 6. The molecule has 8 N–H and O–H groups in total. The van der Waals surface area contributed by atoms with Gasteiger partial charge in [-0.25, -0.2) is 0 Å². The number of ether oxygens (including phenoxy) is 8. The molecule has 2 aliphatic rings. The van der Waals surface area contributed by atoms with E-state index >= 15 is 0 Å². The Kier molecular flexibility index (Phi) is 19.4. The van der Waals surface area contributed by atoms with E-state index in [0.29, 0.717) is 46.1 Å². The number of nitrogens with one attached hydrogen (secondary N) is 2. The van der Waals surface area contributed by atoms with Gasteiger partial charge in [-0.2, -0.15) is 0 Å². The zero-order valence-electron chi connectivity index (χ0n) is 25.7. The summed E-state index contributed by atoms with van der Waals surface area (Å²) < 4.78 is 43.9. The van der Waals surface area contributed by atoms with Gasteiger partial charge in [-0.05, 0) is 6.42 Å². The van der Waals surface area contributed by atoms with Crippen molar-refractivity contribution in [2.24, 2.45) is 0 Å². The fourth-order valence-electron chi connectivity index (χ4n) is 4.58. The summed E-state index contributed by atoms with van der Waals surface area (Å²) in [5.41, 5.74) is 0. The second-order valence-corrected chi connectivity index (χ2v) is 10.4. The molecule has 0 saturated carbocycles. The molecule has 10 atom stereocenters. The molecular weight excluding hydrogens is 608 g/mol. The highest BCUT2D eigenvalue weighted by Crippen LogP contribution is 2.23. The summed E-state index contributed by atoms with van der Waals surface area (Å²) in [5, 5.41) is 64.2. The predicted octanol–water partition coefficient (Wildman–Crippen LogP) is -4.64. The molecule has 45 heavy (non-hydrogen) atoms. The maximum absolute atomic E-state index is 11.4. The zero-order valence-corrected chi connectivity index (χ0v) is 25.7. The first-order chi connectivity index (χ1) is 21.6. The average molecular weight is 659 g/mol. The first kappa shape index (κ1) is 39.6. The quantitative estimate of drug-likeness (QED) is 0.0509. The van der Waals surface area contributed by atoms with Crippen molar-refractivity contribution < 1.29 is 78.1 Å².